The molecule has 1 N–H and O–H groups in total. The van der Waals surface area contributed by atoms with Crippen molar-refractivity contribution >= 4 is 5.97 Å². The molecule has 0 fully saturated rings. The van der Waals surface area contributed by atoms with Gasteiger partial charge in [0.1, 0.15) is 5.75 Å². The first-order chi connectivity index (χ1) is 10.2. The highest BCUT2D eigenvalue weighted by atomic mass is 16.5. The molecule has 21 heavy (non-hydrogen) atoms. The molecule has 0 aliphatic rings. The van der Waals surface area contributed by atoms with E-state index in [1.54, 1.807) is 6.92 Å². The first-order valence-corrected chi connectivity index (χ1v) is 7.54. The molecule has 3 heteroatoms. The summed E-state index contributed by atoms with van der Waals surface area (Å²) in [6.07, 6.45) is 4.75. The molecule has 0 saturated carbocycles. The molecule has 0 aliphatic heterocycles. The average molecular weight is 288 g/mol. The number of hydrogen-bond acceptors (Lipinski definition) is 2. The predicted octanol–water partition coefficient (Wildman–Crippen LogP) is 4.23. The minimum Gasteiger partial charge on any atom is -0.494 e. The molecular formula is C18H24O3. The third kappa shape index (κ3) is 6.85. The highest BCUT2D eigenvalue weighted by molar-refractivity contribution is 5.69. The number of carboxylic acid groups (broad SMARTS) is 1. The van der Waals surface area contributed by atoms with Crippen molar-refractivity contribution in [3.63, 3.8) is 0 Å². The maximum absolute atomic E-state index is 10.9. The fourth-order valence-corrected chi connectivity index (χ4v) is 2.12. The van der Waals surface area contributed by atoms with E-state index in [2.05, 4.69) is 18.8 Å². The number of benzene rings is 1. The summed E-state index contributed by atoms with van der Waals surface area (Å²) in [5, 5.41) is 8.92. The van der Waals surface area contributed by atoms with Crippen molar-refractivity contribution in [3.05, 3.63) is 29.8 Å². The van der Waals surface area contributed by atoms with Crippen molar-refractivity contribution in [1.82, 2.24) is 0 Å². The van der Waals surface area contributed by atoms with Crippen molar-refractivity contribution in [2.45, 2.75) is 51.9 Å². The van der Waals surface area contributed by atoms with Crippen molar-refractivity contribution in [3.8, 4) is 17.6 Å². The van der Waals surface area contributed by atoms with Crippen molar-refractivity contribution in [2.75, 3.05) is 6.61 Å². The first-order valence-electron chi connectivity index (χ1n) is 7.54. The summed E-state index contributed by atoms with van der Waals surface area (Å²) >= 11 is 0. The van der Waals surface area contributed by atoms with Crippen molar-refractivity contribution in [1.29, 1.82) is 0 Å². The number of rotatable bonds is 9. The van der Waals surface area contributed by atoms with Crippen LogP contribution in [0, 0.1) is 11.8 Å². The molecule has 1 atom stereocenters. The zero-order valence-electron chi connectivity index (χ0n) is 12.9. The number of ether oxygens (including phenoxy) is 1. The lowest BCUT2D eigenvalue weighted by Gasteiger charge is -2.10. The van der Waals surface area contributed by atoms with Crippen LogP contribution in [0.3, 0.4) is 0 Å². The second kappa shape index (κ2) is 9.88. The fraction of sp³-hybridized carbons (Fsp3) is 0.500. The second-order valence-corrected chi connectivity index (χ2v) is 5.02. The Kier molecular flexibility index (Phi) is 8.04. The minimum absolute atomic E-state index is 0.0259. The first kappa shape index (κ1) is 17.1. The molecule has 0 radical (unpaired) electrons. The highest BCUT2D eigenvalue weighted by Gasteiger charge is 2.12. The zero-order valence-corrected chi connectivity index (χ0v) is 12.9. The Morgan fingerprint density at radius 3 is 2.52 bits per heavy atom. The van der Waals surface area contributed by atoms with Gasteiger partial charge in [-0.05, 0) is 31.0 Å². The Morgan fingerprint density at radius 2 is 1.95 bits per heavy atom. The van der Waals surface area contributed by atoms with Gasteiger partial charge in [-0.1, -0.05) is 44.2 Å². The van der Waals surface area contributed by atoms with Crippen LogP contribution in [-0.2, 0) is 4.79 Å². The molecule has 0 bridgehead atoms. The van der Waals surface area contributed by atoms with E-state index < -0.39 is 5.97 Å². The Balaban J connectivity index is 2.54. The van der Waals surface area contributed by atoms with E-state index in [-0.39, 0.29) is 12.3 Å². The van der Waals surface area contributed by atoms with Gasteiger partial charge in [-0.3, -0.25) is 4.79 Å². The van der Waals surface area contributed by atoms with Gasteiger partial charge in [-0.15, -0.1) is 5.92 Å². The summed E-state index contributed by atoms with van der Waals surface area (Å²) in [7, 11) is 0. The smallest absolute Gasteiger partial charge is 0.304 e. The monoisotopic (exact) mass is 288 g/mol. The van der Waals surface area contributed by atoms with Crippen LogP contribution in [-0.4, -0.2) is 17.7 Å². The van der Waals surface area contributed by atoms with E-state index in [4.69, 9.17) is 9.84 Å². The molecule has 0 unspecified atom stereocenters. The Labute approximate surface area is 127 Å². The van der Waals surface area contributed by atoms with Crippen LogP contribution in [0.4, 0.5) is 0 Å². The summed E-state index contributed by atoms with van der Waals surface area (Å²) in [6.45, 7) is 4.64. The predicted molar refractivity (Wildman–Crippen MR) is 84.5 cm³/mol. The van der Waals surface area contributed by atoms with Crippen LogP contribution < -0.4 is 4.74 Å². The third-order valence-electron chi connectivity index (χ3n) is 3.25. The van der Waals surface area contributed by atoms with Crippen LogP contribution in [0.5, 0.6) is 5.75 Å². The molecule has 0 aliphatic carbocycles. The number of unbranched alkanes of at least 4 members (excludes halogenated alkanes) is 3. The van der Waals surface area contributed by atoms with E-state index in [1.165, 1.54) is 19.3 Å². The number of hydrogen-bond donors (Lipinski definition) is 1. The van der Waals surface area contributed by atoms with Crippen molar-refractivity contribution < 1.29 is 14.6 Å². The number of carboxylic acids is 1. The van der Waals surface area contributed by atoms with Crippen LogP contribution in [0.2, 0.25) is 0 Å². The van der Waals surface area contributed by atoms with Gasteiger partial charge in [0, 0.05) is 0 Å². The van der Waals surface area contributed by atoms with Gasteiger partial charge >= 0.3 is 5.97 Å². The Hall–Kier alpha value is -1.95. The van der Waals surface area contributed by atoms with E-state index in [0.29, 0.717) is 0 Å². The third-order valence-corrected chi connectivity index (χ3v) is 3.25. The maximum Gasteiger partial charge on any atom is 0.304 e. The molecule has 0 amide bonds. The van der Waals surface area contributed by atoms with Gasteiger partial charge in [0.25, 0.3) is 0 Å². The van der Waals surface area contributed by atoms with Crippen LogP contribution in [0.1, 0.15) is 57.4 Å². The maximum atomic E-state index is 10.9. The number of carbonyl (C=O) groups is 1. The van der Waals surface area contributed by atoms with Crippen molar-refractivity contribution in [2.24, 2.45) is 0 Å². The summed E-state index contributed by atoms with van der Waals surface area (Å²) in [5.41, 5.74) is 0.921. The summed E-state index contributed by atoms with van der Waals surface area (Å²) in [6, 6.07) is 7.58. The lowest BCUT2D eigenvalue weighted by Crippen LogP contribution is -2.04. The SMILES string of the molecule is CC#C[C@H](CC(=O)O)c1ccc(OCCCCCC)cc1. The molecular weight excluding hydrogens is 264 g/mol. The molecule has 1 rings (SSSR count). The lowest BCUT2D eigenvalue weighted by atomic mass is 9.96. The topological polar surface area (TPSA) is 46.5 Å². The van der Waals surface area contributed by atoms with E-state index in [0.717, 1.165) is 24.3 Å². The minimum atomic E-state index is -0.834. The van der Waals surface area contributed by atoms with Gasteiger partial charge in [0.05, 0.1) is 18.9 Å². The van der Waals surface area contributed by atoms with Crippen LogP contribution in [0.25, 0.3) is 0 Å². The van der Waals surface area contributed by atoms with E-state index in [1.807, 2.05) is 24.3 Å². The Bertz CT molecular complexity index is 479. The normalized spacial score (nSPS) is 11.3. The molecule has 0 spiro atoms. The second-order valence-electron chi connectivity index (χ2n) is 5.02. The fourth-order valence-electron chi connectivity index (χ4n) is 2.12. The average Bonchev–Trinajstić information content (AvgIpc) is 2.47. The molecule has 114 valence electrons. The lowest BCUT2D eigenvalue weighted by molar-refractivity contribution is -0.137. The molecule has 1 aromatic carbocycles. The van der Waals surface area contributed by atoms with Gasteiger partial charge in [0.15, 0.2) is 0 Å². The standard InChI is InChI=1S/C18H24O3/c1-3-5-6-7-13-21-17-11-9-15(10-12-17)16(8-4-2)14-18(19)20/h9-12,16H,3,5-7,13-14H2,1-2H3,(H,19,20)/t16-/m1/s1. The molecule has 0 heterocycles. The van der Waals surface area contributed by atoms with Crippen LogP contribution in [0.15, 0.2) is 24.3 Å². The van der Waals surface area contributed by atoms with E-state index >= 15 is 0 Å². The summed E-state index contributed by atoms with van der Waals surface area (Å²) in [5.74, 6) is 5.47. The zero-order chi connectivity index (χ0) is 15.5. The van der Waals surface area contributed by atoms with Gasteiger partial charge in [0.2, 0.25) is 0 Å². The number of aliphatic carboxylic acids is 1. The van der Waals surface area contributed by atoms with Gasteiger partial charge in [-0.25, -0.2) is 0 Å². The largest absolute Gasteiger partial charge is 0.494 e. The molecule has 1 aromatic rings. The van der Waals surface area contributed by atoms with Gasteiger partial charge < -0.3 is 9.84 Å². The quantitative estimate of drug-likeness (QED) is 0.546. The molecule has 0 saturated heterocycles. The highest BCUT2D eigenvalue weighted by Crippen LogP contribution is 2.22. The van der Waals surface area contributed by atoms with E-state index in [9.17, 15) is 4.79 Å². The molecule has 0 aromatic heterocycles. The van der Waals surface area contributed by atoms with Crippen LogP contribution >= 0.6 is 0 Å². The molecule has 3 nitrogen and oxygen atoms in total. The summed E-state index contributed by atoms with van der Waals surface area (Å²) < 4.78 is 5.68. The summed E-state index contributed by atoms with van der Waals surface area (Å²) in [4.78, 5) is 10.9. The Morgan fingerprint density at radius 1 is 1.24 bits per heavy atom. The van der Waals surface area contributed by atoms with Gasteiger partial charge in [-0.2, -0.15) is 0 Å².